The molecule has 1 saturated carbocycles. The zero-order valence-corrected chi connectivity index (χ0v) is 12.4. The lowest BCUT2D eigenvalue weighted by atomic mass is 9.86. The molecule has 1 unspecified atom stereocenters. The number of nitrogens with one attached hydrogen (secondary N) is 1. The smallest absolute Gasteiger partial charge is 0.245 e. The number of hydrogen-bond donors (Lipinski definition) is 1. The monoisotopic (exact) mass is 266 g/mol. The molecule has 2 rings (SSSR count). The van der Waals surface area contributed by atoms with E-state index in [0.717, 1.165) is 18.9 Å². The van der Waals surface area contributed by atoms with Crippen molar-refractivity contribution in [1.82, 2.24) is 10.2 Å². The fourth-order valence-electron chi connectivity index (χ4n) is 2.61. The van der Waals surface area contributed by atoms with Gasteiger partial charge in [-0.3, -0.25) is 9.59 Å². The minimum atomic E-state index is -0.386. The second-order valence-corrected chi connectivity index (χ2v) is 7.03. The Morgan fingerprint density at radius 1 is 1.26 bits per heavy atom. The summed E-state index contributed by atoms with van der Waals surface area (Å²) in [7, 11) is 0. The van der Waals surface area contributed by atoms with Gasteiger partial charge in [0.25, 0.3) is 0 Å². The maximum absolute atomic E-state index is 12.5. The number of amides is 2. The summed E-state index contributed by atoms with van der Waals surface area (Å²) in [6.07, 6.45) is 5.45. The third-order valence-electron chi connectivity index (χ3n) is 4.08. The minimum absolute atomic E-state index is 0.00188. The van der Waals surface area contributed by atoms with Gasteiger partial charge in [0.05, 0.1) is 0 Å². The highest BCUT2D eigenvalue weighted by Gasteiger charge is 2.37. The van der Waals surface area contributed by atoms with Gasteiger partial charge in [0.2, 0.25) is 11.8 Å². The van der Waals surface area contributed by atoms with E-state index in [1.54, 1.807) is 0 Å². The predicted molar refractivity (Wildman–Crippen MR) is 74.5 cm³/mol. The highest BCUT2D eigenvalue weighted by atomic mass is 16.2. The van der Waals surface area contributed by atoms with Crippen LogP contribution in [0.25, 0.3) is 0 Å². The predicted octanol–water partition coefficient (Wildman–Crippen LogP) is 1.94. The van der Waals surface area contributed by atoms with Gasteiger partial charge >= 0.3 is 0 Å². The number of rotatable bonds is 4. The topological polar surface area (TPSA) is 49.4 Å². The molecule has 0 aromatic rings. The summed E-state index contributed by atoms with van der Waals surface area (Å²) >= 11 is 0. The summed E-state index contributed by atoms with van der Waals surface area (Å²) in [5, 5.41) is 2.88. The molecule has 4 nitrogen and oxygen atoms in total. The van der Waals surface area contributed by atoms with Crippen LogP contribution in [0.5, 0.6) is 0 Å². The molecule has 19 heavy (non-hydrogen) atoms. The van der Waals surface area contributed by atoms with E-state index in [0.29, 0.717) is 13.0 Å². The lowest BCUT2D eigenvalue weighted by Crippen LogP contribution is -2.52. The minimum Gasteiger partial charge on any atom is -0.344 e. The number of carbonyl (C=O) groups excluding carboxylic acids is 2. The molecule has 2 fully saturated rings. The van der Waals surface area contributed by atoms with Crippen LogP contribution < -0.4 is 5.32 Å². The highest BCUT2D eigenvalue weighted by Crippen LogP contribution is 2.33. The van der Waals surface area contributed by atoms with E-state index in [4.69, 9.17) is 0 Å². The Labute approximate surface area is 115 Å². The van der Waals surface area contributed by atoms with Crippen molar-refractivity contribution in [2.24, 2.45) is 11.3 Å². The molecule has 2 aliphatic rings. The maximum Gasteiger partial charge on any atom is 0.245 e. The first-order valence-corrected chi connectivity index (χ1v) is 7.46. The zero-order valence-electron chi connectivity index (χ0n) is 12.4. The van der Waals surface area contributed by atoms with Crippen LogP contribution in [-0.4, -0.2) is 35.8 Å². The molecule has 0 bridgehead atoms. The van der Waals surface area contributed by atoms with Crippen LogP contribution in [0.2, 0.25) is 0 Å². The first-order valence-electron chi connectivity index (χ1n) is 7.46. The molecule has 1 aliphatic heterocycles. The summed E-state index contributed by atoms with van der Waals surface area (Å²) in [5.74, 6) is 0.993. The molecule has 108 valence electrons. The van der Waals surface area contributed by atoms with Crippen molar-refractivity contribution in [1.29, 1.82) is 0 Å². The van der Waals surface area contributed by atoms with Crippen LogP contribution in [-0.2, 0) is 9.59 Å². The molecule has 1 aliphatic carbocycles. The largest absolute Gasteiger partial charge is 0.344 e. The Morgan fingerprint density at radius 3 is 2.53 bits per heavy atom. The Morgan fingerprint density at radius 2 is 1.95 bits per heavy atom. The molecular weight excluding hydrogens is 240 g/mol. The van der Waals surface area contributed by atoms with Gasteiger partial charge in [0.15, 0.2) is 0 Å². The summed E-state index contributed by atoms with van der Waals surface area (Å²) < 4.78 is 0. The van der Waals surface area contributed by atoms with Crippen LogP contribution in [0.4, 0.5) is 0 Å². The van der Waals surface area contributed by atoms with Gasteiger partial charge in [-0.2, -0.15) is 0 Å². The van der Waals surface area contributed by atoms with Crippen molar-refractivity contribution in [3.05, 3.63) is 0 Å². The molecule has 0 radical (unpaired) electrons. The van der Waals surface area contributed by atoms with Crippen molar-refractivity contribution in [2.75, 3.05) is 13.1 Å². The molecule has 2 amide bonds. The van der Waals surface area contributed by atoms with Crippen molar-refractivity contribution >= 4 is 11.8 Å². The quantitative estimate of drug-likeness (QED) is 0.845. The number of hydrogen-bond acceptors (Lipinski definition) is 2. The van der Waals surface area contributed by atoms with Crippen molar-refractivity contribution in [3.63, 3.8) is 0 Å². The van der Waals surface area contributed by atoms with Crippen LogP contribution in [0, 0.1) is 11.3 Å². The van der Waals surface area contributed by atoms with Crippen LogP contribution in [0.3, 0.4) is 0 Å². The molecule has 1 saturated heterocycles. The van der Waals surface area contributed by atoms with Crippen molar-refractivity contribution in [2.45, 2.75) is 58.9 Å². The van der Waals surface area contributed by atoms with Crippen LogP contribution in [0.1, 0.15) is 52.9 Å². The lowest BCUT2D eigenvalue weighted by Gasteiger charge is -2.32. The van der Waals surface area contributed by atoms with E-state index in [9.17, 15) is 9.59 Å². The summed E-state index contributed by atoms with van der Waals surface area (Å²) in [6.45, 7) is 7.38. The first-order chi connectivity index (χ1) is 8.88. The summed E-state index contributed by atoms with van der Waals surface area (Å²) in [5.41, 5.74) is -0.230. The van der Waals surface area contributed by atoms with Gasteiger partial charge in [0.1, 0.15) is 6.04 Å². The van der Waals surface area contributed by atoms with Gasteiger partial charge in [-0.25, -0.2) is 0 Å². The van der Waals surface area contributed by atoms with E-state index >= 15 is 0 Å². The summed E-state index contributed by atoms with van der Waals surface area (Å²) in [6, 6.07) is -0.386. The van der Waals surface area contributed by atoms with Gasteiger partial charge in [-0.05, 0) is 24.2 Å². The molecule has 0 aromatic heterocycles. The van der Waals surface area contributed by atoms with Gasteiger partial charge < -0.3 is 10.2 Å². The van der Waals surface area contributed by atoms with Crippen molar-refractivity contribution in [3.8, 4) is 0 Å². The maximum atomic E-state index is 12.5. The molecule has 0 aromatic carbocycles. The Hall–Kier alpha value is -1.06. The molecular formula is C15H26N2O2. The average molecular weight is 266 g/mol. The SMILES string of the molecule is CC(C)(C)C1NC(=O)CCN(CCCC2CC2)C1=O. The van der Waals surface area contributed by atoms with Gasteiger partial charge in [0, 0.05) is 19.5 Å². The van der Waals surface area contributed by atoms with E-state index in [1.807, 2.05) is 25.7 Å². The fourth-order valence-corrected chi connectivity index (χ4v) is 2.61. The van der Waals surface area contributed by atoms with Gasteiger partial charge in [-0.15, -0.1) is 0 Å². The fraction of sp³-hybridized carbons (Fsp3) is 0.867. The molecule has 1 N–H and O–H groups in total. The Balaban J connectivity index is 1.96. The molecule has 0 spiro atoms. The molecule has 1 heterocycles. The molecule has 4 heteroatoms. The number of nitrogens with zero attached hydrogens (tertiary/aromatic N) is 1. The van der Waals surface area contributed by atoms with Crippen LogP contribution >= 0.6 is 0 Å². The van der Waals surface area contributed by atoms with E-state index in [-0.39, 0.29) is 23.3 Å². The number of carbonyl (C=O) groups is 2. The third kappa shape index (κ3) is 3.95. The van der Waals surface area contributed by atoms with Gasteiger partial charge in [-0.1, -0.05) is 33.6 Å². The van der Waals surface area contributed by atoms with E-state index < -0.39 is 0 Å². The standard InChI is InChI=1S/C15H26N2O2/c1-15(2,3)13-14(19)17(10-8-12(18)16-13)9-4-5-11-6-7-11/h11,13H,4-10H2,1-3H3,(H,16,18). The van der Waals surface area contributed by atoms with E-state index in [2.05, 4.69) is 5.32 Å². The Bertz CT molecular complexity index is 356. The Kier molecular flexibility index (Phi) is 4.16. The lowest BCUT2D eigenvalue weighted by molar-refractivity contribution is -0.136. The zero-order chi connectivity index (χ0) is 14.0. The second kappa shape index (κ2) is 5.51. The molecule has 1 atom stereocenters. The van der Waals surface area contributed by atoms with Crippen molar-refractivity contribution < 1.29 is 9.59 Å². The average Bonchev–Trinajstić information content (AvgIpc) is 3.11. The third-order valence-corrected chi connectivity index (χ3v) is 4.08. The van der Waals surface area contributed by atoms with E-state index in [1.165, 1.54) is 19.3 Å². The highest BCUT2D eigenvalue weighted by molar-refractivity contribution is 5.90. The normalized spacial score (nSPS) is 25.2. The first kappa shape index (κ1) is 14.4. The second-order valence-electron chi connectivity index (χ2n) is 7.03. The summed E-state index contributed by atoms with van der Waals surface area (Å²) in [4.78, 5) is 26.2. The van der Waals surface area contributed by atoms with Crippen LogP contribution in [0.15, 0.2) is 0 Å².